The number of aromatic nitrogens is 3. The molecule has 2 aromatic heterocycles. The number of hydrogen-bond acceptors (Lipinski definition) is 5. The molecule has 2 rings (SSSR count). The number of hydrogen-bond donors (Lipinski definition) is 2. The van der Waals surface area contributed by atoms with Crippen molar-refractivity contribution in [3.8, 4) is 0 Å². The lowest BCUT2D eigenvalue weighted by Gasteiger charge is -2.12. The first-order valence-corrected chi connectivity index (χ1v) is 8.57. The molecule has 0 unspecified atom stereocenters. The van der Waals surface area contributed by atoms with Crippen molar-refractivity contribution < 1.29 is 8.42 Å². The smallest absolute Gasteiger partial charge is 0.244 e. The molecule has 0 saturated carbocycles. The van der Waals surface area contributed by atoms with E-state index in [1.165, 1.54) is 6.07 Å². The van der Waals surface area contributed by atoms with Crippen LogP contribution in [-0.4, -0.2) is 29.5 Å². The van der Waals surface area contributed by atoms with Gasteiger partial charge < -0.3 is 9.88 Å². The molecule has 7 nitrogen and oxygen atoms in total. The molecular weight excluding hydrogens is 358 g/mol. The zero-order chi connectivity index (χ0) is 15.5. The zero-order valence-corrected chi connectivity index (χ0v) is 14.1. The highest BCUT2D eigenvalue weighted by Gasteiger charge is 2.20. The van der Waals surface area contributed by atoms with Gasteiger partial charge in [-0.2, -0.15) is 0 Å². The highest BCUT2D eigenvalue weighted by atomic mass is 79.9. The quantitative estimate of drug-likeness (QED) is 0.800. The Kier molecular flexibility index (Phi) is 4.96. The molecule has 0 amide bonds. The molecule has 2 heterocycles. The molecule has 0 aromatic carbocycles. The fourth-order valence-corrected chi connectivity index (χ4v) is 3.35. The number of nitrogens with one attached hydrogen (secondary N) is 2. The van der Waals surface area contributed by atoms with Gasteiger partial charge in [0.25, 0.3) is 0 Å². The first-order valence-electron chi connectivity index (χ1n) is 6.29. The van der Waals surface area contributed by atoms with Gasteiger partial charge in [-0.3, -0.25) is 0 Å². The Morgan fingerprint density at radius 2 is 2.14 bits per heavy atom. The van der Waals surface area contributed by atoms with Crippen LogP contribution in [0.4, 0.5) is 5.82 Å². The molecule has 0 aliphatic heterocycles. The molecule has 2 aromatic rings. The predicted molar refractivity (Wildman–Crippen MR) is 83.3 cm³/mol. The van der Waals surface area contributed by atoms with E-state index in [2.05, 4.69) is 35.9 Å². The van der Waals surface area contributed by atoms with Crippen molar-refractivity contribution in [1.82, 2.24) is 19.3 Å². The molecular formula is C12H16BrN5O2S. The largest absolute Gasteiger partial charge is 0.369 e. The Bertz CT molecular complexity index is 729. The van der Waals surface area contributed by atoms with Gasteiger partial charge in [-0.05, 0) is 28.9 Å². The maximum absolute atomic E-state index is 12.4. The van der Waals surface area contributed by atoms with E-state index < -0.39 is 10.0 Å². The molecule has 114 valence electrons. The summed E-state index contributed by atoms with van der Waals surface area (Å²) in [6, 6.07) is 1.52. The van der Waals surface area contributed by atoms with Crippen LogP contribution in [0, 0.1) is 0 Å². The van der Waals surface area contributed by atoms with E-state index in [1.54, 1.807) is 30.2 Å². The number of rotatable bonds is 6. The van der Waals surface area contributed by atoms with Gasteiger partial charge in [0.2, 0.25) is 10.0 Å². The highest BCUT2D eigenvalue weighted by Crippen LogP contribution is 2.22. The predicted octanol–water partition coefficient (Wildman–Crippen LogP) is 1.49. The monoisotopic (exact) mass is 373 g/mol. The first-order chi connectivity index (χ1) is 9.94. The number of imidazole rings is 1. The minimum Gasteiger partial charge on any atom is -0.369 e. The SMILES string of the molecule is CCNc1ncc(Br)cc1S(=O)(=O)NCc1nccn1C. The second-order valence-electron chi connectivity index (χ2n) is 4.31. The standard InChI is InChI=1S/C12H16BrN5O2S/c1-3-14-12-10(6-9(13)7-16-12)21(19,20)17-8-11-15-4-5-18(11)2/h4-7,17H,3,8H2,1-2H3,(H,14,16). The number of aryl methyl sites for hydroxylation is 1. The average molecular weight is 374 g/mol. The summed E-state index contributed by atoms with van der Waals surface area (Å²) < 4.78 is 29.8. The van der Waals surface area contributed by atoms with Gasteiger partial charge >= 0.3 is 0 Å². The van der Waals surface area contributed by atoms with E-state index in [9.17, 15) is 8.42 Å². The van der Waals surface area contributed by atoms with Crippen LogP contribution in [0.1, 0.15) is 12.7 Å². The van der Waals surface area contributed by atoms with Gasteiger partial charge in [0.1, 0.15) is 16.5 Å². The first kappa shape index (κ1) is 15.9. The average Bonchev–Trinajstić information content (AvgIpc) is 2.84. The zero-order valence-electron chi connectivity index (χ0n) is 11.7. The van der Waals surface area contributed by atoms with Crippen molar-refractivity contribution in [2.45, 2.75) is 18.4 Å². The second kappa shape index (κ2) is 6.54. The minimum absolute atomic E-state index is 0.105. The molecule has 0 saturated heterocycles. The number of sulfonamides is 1. The number of nitrogens with zero attached hydrogens (tertiary/aromatic N) is 3. The lowest BCUT2D eigenvalue weighted by atomic mass is 10.4. The summed E-state index contributed by atoms with van der Waals surface area (Å²) in [4.78, 5) is 8.29. The molecule has 2 N–H and O–H groups in total. The van der Waals surface area contributed by atoms with E-state index >= 15 is 0 Å². The van der Waals surface area contributed by atoms with E-state index in [0.717, 1.165) is 0 Å². The molecule has 0 bridgehead atoms. The molecule has 0 aliphatic carbocycles. The van der Waals surface area contributed by atoms with Crippen LogP contribution in [-0.2, 0) is 23.6 Å². The summed E-state index contributed by atoms with van der Waals surface area (Å²) in [5, 5.41) is 2.94. The van der Waals surface area contributed by atoms with Crippen LogP contribution in [0.15, 0.2) is 34.0 Å². The Morgan fingerprint density at radius 3 is 2.76 bits per heavy atom. The second-order valence-corrected chi connectivity index (χ2v) is 6.96. The van der Waals surface area contributed by atoms with E-state index in [-0.39, 0.29) is 11.4 Å². The summed E-state index contributed by atoms with van der Waals surface area (Å²) in [5.74, 6) is 0.958. The third-order valence-corrected chi connectivity index (χ3v) is 4.64. The van der Waals surface area contributed by atoms with Crippen LogP contribution in [0.3, 0.4) is 0 Å². The van der Waals surface area contributed by atoms with Crippen LogP contribution in [0.5, 0.6) is 0 Å². The molecule has 0 radical (unpaired) electrons. The summed E-state index contributed by atoms with van der Waals surface area (Å²) in [7, 11) is -1.88. The molecule has 9 heteroatoms. The van der Waals surface area contributed by atoms with Crippen molar-refractivity contribution in [2.24, 2.45) is 7.05 Å². The molecule has 0 fully saturated rings. The van der Waals surface area contributed by atoms with Crippen LogP contribution in [0.2, 0.25) is 0 Å². The topological polar surface area (TPSA) is 88.9 Å². The van der Waals surface area contributed by atoms with Crippen LogP contribution >= 0.6 is 15.9 Å². The normalized spacial score (nSPS) is 11.6. The molecule has 0 spiro atoms. The van der Waals surface area contributed by atoms with Gasteiger partial charge in [0, 0.05) is 36.7 Å². The Labute approximate surface area is 132 Å². The lowest BCUT2D eigenvalue weighted by molar-refractivity contribution is 0.577. The summed E-state index contributed by atoms with van der Waals surface area (Å²) in [6.45, 7) is 2.57. The Hall–Kier alpha value is -1.45. The fourth-order valence-electron chi connectivity index (χ4n) is 1.73. The van der Waals surface area contributed by atoms with Crippen molar-refractivity contribution in [1.29, 1.82) is 0 Å². The third-order valence-electron chi connectivity index (χ3n) is 2.79. The van der Waals surface area contributed by atoms with Crippen molar-refractivity contribution >= 4 is 31.8 Å². The van der Waals surface area contributed by atoms with Crippen LogP contribution < -0.4 is 10.0 Å². The van der Waals surface area contributed by atoms with Gasteiger partial charge in [0.15, 0.2) is 0 Å². The fraction of sp³-hybridized carbons (Fsp3) is 0.333. The number of halogens is 1. The third kappa shape index (κ3) is 3.80. The number of anilines is 1. The van der Waals surface area contributed by atoms with Gasteiger partial charge in [-0.25, -0.2) is 23.1 Å². The maximum Gasteiger partial charge on any atom is 0.244 e. The molecule has 0 atom stereocenters. The Balaban J connectivity index is 2.26. The van der Waals surface area contributed by atoms with Crippen molar-refractivity contribution in [2.75, 3.05) is 11.9 Å². The lowest BCUT2D eigenvalue weighted by Crippen LogP contribution is -2.26. The molecule has 21 heavy (non-hydrogen) atoms. The summed E-state index contributed by atoms with van der Waals surface area (Å²) >= 11 is 3.24. The maximum atomic E-state index is 12.4. The van der Waals surface area contributed by atoms with E-state index in [0.29, 0.717) is 22.7 Å². The van der Waals surface area contributed by atoms with Gasteiger partial charge in [-0.15, -0.1) is 0 Å². The van der Waals surface area contributed by atoms with E-state index in [4.69, 9.17) is 0 Å². The molecule has 0 aliphatic rings. The number of pyridine rings is 1. The minimum atomic E-state index is -3.69. The van der Waals surface area contributed by atoms with E-state index in [1.807, 2.05) is 6.92 Å². The highest BCUT2D eigenvalue weighted by molar-refractivity contribution is 9.10. The van der Waals surface area contributed by atoms with Crippen LogP contribution in [0.25, 0.3) is 0 Å². The van der Waals surface area contributed by atoms with Gasteiger partial charge in [-0.1, -0.05) is 0 Å². The Morgan fingerprint density at radius 1 is 1.38 bits per heavy atom. The summed E-state index contributed by atoms with van der Waals surface area (Å²) in [6.07, 6.45) is 4.93. The van der Waals surface area contributed by atoms with Crippen molar-refractivity contribution in [3.05, 3.63) is 35.0 Å². The summed E-state index contributed by atoms with van der Waals surface area (Å²) in [5.41, 5.74) is 0. The van der Waals surface area contributed by atoms with Crippen molar-refractivity contribution in [3.63, 3.8) is 0 Å². The van der Waals surface area contributed by atoms with Gasteiger partial charge in [0.05, 0.1) is 6.54 Å².